The Kier molecular flexibility index (Phi) is 8.00. The van der Waals surface area contributed by atoms with Gasteiger partial charge >= 0.3 is 5.97 Å². The van der Waals surface area contributed by atoms with Gasteiger partial charge in [-0.1, -0.05) is 58.5 Å². The van der Waals surface area contributed by atoms with E-state index in [1.165, 1.54) is 12.1 Å². The van der Waals surface area contributed by atoms with Crippen LogP contribution < -0.4 is 9.47 Å². The second-order valence-corrected chi connectivity index (χ2v) is 6.13. The third kappa shape index (κ3) is 5.56. The summed E-state index contributed by atoms with van der Waals surface area (Å²) in [4.78, 5) is 16.4. The minimum absolute atomic E-state index is 0.0319. The van der Waals surface area contributed by atoms with Crippen molar-refractivity contribution in [2.45, 2.75) is 13.5 Å². The highest BCUT2D eigenvalue weighted by atomic mass is 35.5. The molecule has 0 fully saturated rings. The number of hydrogen-bond donors (Lipinski definition) is 1. The fourth-order valence-corrected chi connectivity index (χ4v) is 2.82. The minimum Gasteiger partial charge on any atom is -0.489 e. The summed E-state index contributed by atoms with van der Waals surface area (Å²) in [6.07, 6.45) is 5.16. The minimum atomic E-state index is -1.21. The monoisotopic (exact) mass is 421 g/mol. The van der Waals surface area contributed by atoms with Gasteiger partial charge in [0.1, 0.15) is 25.6 Å². The van der Waals surface area contributed by atoms with Crippen LogP contribution in [0.4, 0.5) is 0 Å². The number of rotatable bonds is 9. The number of carboxylic acid groups (broad SMARTS) is 1. The predicted octanol–water partition coefficient (Wildman–Crippen LogP) is 4.41. The zero-order valence-electron chi connectivity index (χ0n) is 14.9. The lowest BCUT2D eigenvalue weighted by molar-refractivity contribution is -0.129. The van der Waals surface area contributed by atoms with Crippen LogP contribution in [0.1, 0.15) is 18.1 Å². The van der Waals surface area contributed by atoms with Crippen molar-refractivity contribution in [1.29, 1.82) is 0 Å². The Morgan fingerprint density at radius 3 is 2.50 bits per heavy atom. The van der Waals surface area contributed by atoms with Crippen molar-refractivity contribution in [3.05, 3.63) is 57.6 Å². The number of oxime groups is 1. The number of terminal acetylenes is 1. The highest BCUT2D eigenvalue weighted by molar-refractivity contribution is 6.42. The number of halogens is 2. The standard InChI is InChI=1S/C20H17Cl2NO5/c1-3-9-26-19-16(21)10-14(11-17(19)22)27-12-13-7-5-6-8-15(13)18(20(24)25)23-28-4-2/h1,5-8,10-11H,4,9,12H2,2H3,(H,24,25). The van der Waals surface area contributed by atoms with E-state index in [1.807, 2.05) is 0 Å². The van der Waals surface area contributed by atoms with E-state index >= 15 is 0 Å². The first-order valence-electron chi connectivity index (χ1n) is 8.17. The number of ether oxygens (including phenoxy) is 2. The van der Waals surface area contributed by atoms with Crippen molar-refractivity contribution < 1.29 is 24.2 Å². The van der Waals surface area contributed by atoms with Gasteiger partial charge in [-0.2, -0.15) is 0 Å². The lowest BCUT2D eigenvalue weighted by atomic mass is 10.0. The highest BCUT2D eigenvalue weighted by Crippen LogP contribution is 2.37. The summed E-state index contributed by atoms with van der Waals surface area (Å²) in [5.74, 6) is 1.78. The molecular formula is C20H17Cl2NO5. The molecule has 0 amide bonds. The molecule has 0 saturated carbocycles. The fourth-order valence-electron chi connectivity index (χ4n) is 2.24. The molecule has 0 aliphatic carbocycles. The zero-order valence-corrected chi connectivity index (χ0v) is 16.5. The molecule has 0 saturated heterocycles. The van der Waals surface area contributed by atoms with Gasteiger partial charge in [0.15, 0.2) is 11.5 Å². The lowest BCUT2D eigenvalue weighted by Gasteiger charge is -2.13. The summed E-state index contributed by atoms with van der Waals surface area (Å²) < 4.78 is 11.0. The zero-order chi connectivity index (χ0) is 20.5. The van der Waals surface area contributed by atoms with Gasteiger partial charge in [-0.15, -0.1) is 6.42 Å². The van der Waals surface area contributed by atoms with E-state index < -0.39 is 5.97 Å². The van der Waals surface area contributed by atoms with Gasteiger partial charge in [0.25, 0.3) is 0 Å². The van der Waals surface area contributed by atoms with E-state index in [9.17, 15) is 9.90 Å². The van der Waals surface area contributed by atoms with E-state index in [-0.39, 0.29) is 41.3 Å². The highest BCUT2D eigenvalue weighted by Gasteiger charge is 2.18. The number of benzene rings is 2. The first kappa shape index (κ1) is 21.4. The van der Waals surface area contributed by atoms with Crippen LogP contribution in [-0.2, 0) is 16.2 Å². The SMILES string of the molecule is C#CCOc1c(Cl)cc(OCc2ccccc2C(=NOCC)C(=O)O)cc1Cl. The van der Waals surface area contributed by atoms with E-state index in [4.69, 9.17) is 43.9 Å². The van der Waals surface area contributed by atoms with Gasteiger partial charge in [0.05, 0.1) is 10.0 Å². The van der Waals surface area contributed by atoms with Crippen molar-refractivity contribution in [3.8, 4) is 23.8 Å². The van der Waals surface area contributed by atoms with Gasteiger partial charge in [0.2, 0.25) is 0 Å². The molecule has 2 rings (SSSR count). The largest absolute Gasteiger partial charge is 0.489 e. The molecule has 0 bridgehead atoms. The quantitative estimate of drug-likeness (QED) is 0.368. The molecule has 28 heavy (non-hydrogen) atoms. The second kappa shape index (κ2) is 10.5. The molecule has 2 aromatic carbocycles. The third-order valence-electron chi connectivity index (χ3n) is 3.43. The smallest absolute Gasteiger partial charge is 0.358 e. The normalized spacial score (nSPS) is 10.9. The molecule has 2 aromatic rings. The number of nitrogens with zero attached hydrogens (tertiary/aromatic N) is 1. The van der Waals surface area contributed by atoms with Crippen LogP contribution in [0.15, 0.2) is 41.6 Å². The van der Waals surface area contributed by atoms with Gasteiger partial charge < -0.3 is 19.4 Å². The average Bonchev–Trinajstić information content (AvgIpc) is 2.66. The van der Waals surface area contributed by atoms with Gasteiger partial charge in [0, 0.05) is 17.7 Å². The van der Waals surface area contributed by atoms with Gasteiger partial charge in [-0.05, 0) is 12.5 Å². The average molecular weight is 422 g/mol. The summed E-state index contributed by atoms with van der Waals surface area (Å²) in [6, 6.07) is 9.89. The number of hydrogen-bond acceptors (Lipinski definition) is 5. The fraction of sp³-hybridized carbons (Fsp3) is 0.200. The maximum absolute atomic E-state index is 11.5. The number of carboxylic acids is 1. The summed E-state index contributed by atoms with van der Waals surface area (Å²) in [7, 11) is 0. The third-order valence-corrected chi connectivity index (χ3v) is 3.99. The van der Waals surface area contributed by atoms with Crippen LogP contribution in [0.3, 0.4) is 0 Å². The van der Waals surface area contributed by atoms with Crippen molar-refractivity contribution in [1.82, 2.24) is 0 Å². The Balaban J connectivity index is 2.24. The molecule has 0 radical (unpaired) electrons. The second-order valence-electron chi connectivity index (χ2n) is 5.32. The first-order valence-corrected chi connectivity index (χ1v) is 8.93. The van der Waals surface area contributed by atoms with Crippen molar-refractivity contribution in [2.24, 2.45) is 5.16 Å². The van der Waals surface area contributed by atoms with Crippen LogP contribution >= 0.6 is 23.2 Å². The molecule has 146 valence electrons. The van der Waals surface area contributed by atoms with Gasteiger partial charge in [-0.3, -0.25) is 0 Å². The topological polar surface area (TPSA) is 77.3 Å². The Bertz CT molecular complexity index is 898. The Morgan fingerprint density at radius 1 is 1.21 bits per heavy atom. The summed E-state index contributed by atoms with van der Waals surface area (Å²) in [6.45, 7) is 2.05. The van der Waals surface area contributed by atoms with Crippen molar-refractivity contribution >= 4 is 34.9 Å². The molecule has 0 aliphatic rings. The molecule has 0 aliphatic heterocycles. The Hall–Kier alpha value is -2.88. The van der Waals surface area contributed by atoms with Crippen LogP contribution in [-0.4, -0.2) is 30.0 Å². The molecule has 0 unspecified atom stereocenters. The molecule has 6 nitrogen and oxygen atoms in total. The van der Waals surface area contributed by atoms with E-state index in [1.54, 1.807) is 31.2 Å². The summed E-state index contributed by atoms with van der Waals surface area (Å²) >= 11 is 12.3. The Labute approximate surface area is 172 Å². The molecule has 0 atom stereocenters. The maximum Gasteiger partial charge on any atom is 0.358 e. The number of aliphatic carboxylic acids is 1. The van der Waals surface area contributed by atoms with Crippen LogP contribution in [0.5, 0.6) is 11.5 Å². The Morgan fingerprint density at radius 2 is 1.89 bits per heavy atom. The molecule has 1 N–H and O–H groups in total. The summed E-state index contributed by atoms with van der Waals surface area (Å²) in [5, 5.41) is 13.6. The van der Waals surface area contributed by atoms with Crippen LogP contribution in [0.25, 0.3) is 0 Å². The predicted molar refractivity (Wildman–Crippen MR) is 107 cm³/mol. The molecular weight excluding hydrogens is 405 g/mol. The molecule has 0 spiro atoms. The van der Waals surface area contributed by atoms with Crippen LogP contribution in [0, 0.1) is 12.3 Å². The van der Waals surface area contributed by atoms with E-state index in [2.05, 4.69) is 11.1 Å². The van der Waals surface area contributed by atoms with E-state index in [0.29, 0.717) is 16.9 Å². The maximum atomic E-state index is 11.5. The number of carbonyl (C=O) groups is 1. The van der Waals surface area contributed by atoms with Crippen LogP contribution in [0.2, 0.25) is 10.0 Å². The molecule has 0 aromatic heterocycles. The molecule has 8 heteroatoms. The molecule has 0 heterocycles. The van der Waals surface area contributed by atoms with Crippen molar-refractivity contribution in [2.75, 3.05) is 13.2 Å². The lowest BCUT2D eigenvalue weighted by Crippen LogP contribution is -2.18. The first-order chi connectivity index (χ1) is 13.5. The van der Waals surface area contributed by atoms with Gasteiger partial charge in [-0.25, -0.2) is 4.79 Å². The van der Waals surface area contributed by atoms with Crippen molar-refractivity contribution in [3.63, 3.8) is 0 Å². The van der Waals surface area contributed by atoms with E-state index in [0.717, 1.165) is 0 Å². The summed E-state index contributed by atoms with van der Waals surface area (Å²) in [5.41, 5.74) is 0.771.